The Bertz CT molecular complexity index is 1170. The average molecular weight is 372 g/mol. The Kier molecular flexibility index (Phi) is 4.76. The first-order chi connectivity index (χ1) is 13.6. The highest BCUT2D eigenvalue weighted by Gasteiger charge is 2.09. The van der Waals surface area contributed by atoms with Crippen molar-refractivity contribution in [2.24, 2.45) is 0 Å². The van der Waals surface area contributed by atoms with E-state index in [1.165, 1.54) is 5.56 Å². The summed E-state index contributed by atoms with van der Waals surface area (Å²) >= 11 is 0. The van der Waals surface area contributed by atoms with Crippen LogP contribution < -0.4 is 15.2 Å². The van der Waals surface area contributed by atoms with Gasteiger partial charge in [0.25, 0.3) is 5.56 Å². The van der Waals surface area contributed by atoms with Gasteiger partial charge in [-0.25, -0.2) is 0 Å². The molecule has 4 aromatic rings. The zero-order valence-corrected chi connectivity index (χ0v) is 15.7. The van der Waals surface area contributed by atoms with Crippen LogP contribution in [0, 0.1) is 6.92 Å². The van der Waals surface area contributed by atoms with Crippen molar-refractivity contribution in [2.45, 2.75) is 13.8 Å². The van der Waals surface area contributed by atoms with Gasteiger partial charge in [-0.2, -0.15) is 4.98 Å². The van der Waals surface area contributed by atoms with E-state index in [0.717, 1.165) is 17.9 Å². The standard InChI is InChI=1S/C22H20N4O2/c1-3-26(17-6-4-5-15(2)13-17)16-7-9-18(10-8-16)28-22-24-20-14-23-12-11-19(20)21(27)25-22/h4-14H,3H2,1-2H3,(H,24,25,27). The molecule has 140 valence electrons. The highest BCUT2D eigenvalue weighted by atomic mass is 16.5. The number of fused-ring (bicyclic) bond motifs is 1. The number of benzene rings is 2. The minimum absolute atomic E-state index is 0.143. The molecule has 0 aliphatic rings. The van der Waals surface area contributed by atoms with Gasteiger partial charge in [-0.15, -0.1) is 0 Å². The number of nitrogens with zero attached hydrogens (tertiary/aromatic N) is 3. The van der Waals surface area contributed by atoms with Crippen molar-refractivity contribution in [2.75, 3.05) is 11.4 Å². The third-order valence-corrected chi connectivity index (χ3v) is 4.48. The van der Waals surface area contributed by atoms with Crippen LogP contribution in [0.4, 0.5) is 11.4 Å². The molecule has 0 saturated heterocycles. The van der Waals surface area contributed by atoms with E-state index in [9.17, 15) is 4.79 Å². The van der Waals surface area contributed by atoms with Gasteiger partial charge in [0.1, 0.15) is 5.75 Å². The number of hydrogen-bond donors (Lipinski definition) is 1. The van der Waals surface area contributed by atoms with Gasteiger partial charge in [-0.05, 0) is 61.9 Å². The molecule has 2 aromatic heterocycles. The SMILES string of the molecule is CCN(c1ccc(Oc2nc3cnccc3c(=O)[nH]2)cc1)c1cccc(C)c1. The molecule has 0 amide bonds. The molecule has 4 rings (SSSR count). The largest absolute Gasteiger partial charge is 0.426 e. The van der Waals surface area contributed by atoms with Crippen LogP contribution >= 0.6 is 0 Å². The highest BCUT2D eigenvalue weighted by molar-refractivity contribution is 5.76. The number of ether oxygens (including phenoxy) is 1. The van der Waals surface area contributed by atoms with Crippen LogP contribution in [0.15, 0.2) is 71.8 Å². The second kappa shape index (κ2) is 7.52. The maximum atomic E-state index is 12.1. The molecule has 0 fully saturated rings. The summed E-state index contributed by atoms with van der Waals surface area (Å²) in [4.78, 5) is 25.3. The molecule has 6 heteroatoms. The Morgan fingerprint density at radius 2 is 1.89 bits per heavy atom. The molecule has 2 heterocycles. The fourth-order valence-corrected chi connectivity index (χ4v) is 3.13. The highest BCUT2D eigenvalue weighted by Crippen LogP contribution is 2.28. The van der Waals surface area contributed by atoms with E-state index in [1.807, 2.05) is 24.3 Å². The molecular weight excluding hydrogens is 352 g/mol. The molecule has 0 spiro atoms. The Morgan fingerprint density at radius 1 is 1.07 bits per heavy atom. The molecule has 0 bridgehead atoms. The normalized spacial score (nSPS) is 10.8. The number of pyridine rings is 1. The first-order valence-electron chi connectivity index (χ1n) is 9.10. The lowest BCUT2D eigenvalue weighted by Crippen LogP contribution is -2.15. The Hall–Kier alpha value is -3.67. The average Bonchev–Trinajstić information content (AvgIpc) is 2.70. The molecule has 0 unspecified atom stereocenters. The van der Waals surface area contributed by atoms with Gasteiger partial charge < -0.3 is 9.64 Å². The molecule has 0 radical (unpaired) electrons. The maximum absolute atomic E-state index is 12.1. The van der Waals surface area contributed by atoms with Crippen molar-refractivity contribution < 1.29 is 4.74 Å². The van der Waals surface area contributed by atoms with Crippen molar-refractivity contribution in [1.29, 1.82) is 0 Å². The van der Waals surface area contributed by atoms with Crippen molar-refractivity contribution in [3.05, 3.63) is 82.9 Å². The van der Waals surface area contributed by atoms with E-state index in [4.69, 9.17) is 4.74 Å². The van der Waals surface area contributed by atoms with E-state index >= 15 is 0 Å². The fourth-order valence-electron chi connectivity index (χ4n) is 3.13. The molecule has 28 heavy (non-hydrogen) atoms. The number of aromatic nitrogens is 3. The second-order valence-electron chi connectivity index (χ2n) is 6.44. The van der Waals surface area contributed by atoms with Gasteiger partial charge >= 0.3 is 6.01 Å². The summed E-state index contributed by atoms with van der Waals surface area (Å²) in [5.41, 5.74) is 3.66. The number of aryl methyl sites for hydroxylation is 1. The third kappa shape index (κ3) is 3.57. The zero-order chi connectivity index (χ0) is 19.5. The van der Waals surface area contributed by atoms with E-state index < -0.39 is 0 Å². The Balaban J connectivity index is 1.59. The maximum Gasteiger partial charge on any atom is 0.302 e. The number of nitrogens with one attached hydrogen (secondary N) is 1. The predicted molar refractivity (Wildman–Crippen MR) is 111 cm³/mol. The van der Waals surface area contributed by atoms with Gasteiger partial charge in [0.05, 0.1) is 17.1 Å². The summed E-state index contributed by atoms with van der Waals surface area (Å²) in [5.74, 6) is 0.593. The lowest BCUT2D eigenvalue weighted by molar-refractivity contribution is 0.443. The van der Waals surface area contributed by atoms with Gasteiger partial charge in [0, 0.05) is 24.1 Å². The number of hydrogen-bond acceptors (Lipinski definition) is 5. The van der Waals surface area contributed by atoms with Crippen molar-refractivity contribution >= 4 is 22.3 Å². The summed E-state index contributed by atoms with van der Waals surface area (Å²) in [6.45, 7) is 5.04. The zero-order valence-electron chi connectivity index (χ0n) is 15.7. The Labute approximate surface area is 162 Å². The minimum atomic E-state index is -0.254. The van der Waals surface area contributed by atoms with Gasteiger partial charge in [-0.1, -0.05) is 12.1 Å². The first kappa shape index (κ1) is 17.7. The van der Waals surface area contributed by atoms with Crippen LogP contribution in [0.5, 0.6) is 11.8 Å². The van der Waals surface area contributed by atoms with Crippen LogP contribution in [-0.4, -0.2) is 21.5 Å². The van der Waals surface area contributed by atoms with E-state index in [2.05, 4.69) is 58.0 Å². The molecule has 0 aliphatic carbocycles. The van der Waals surface area contributed by atoms with Gasteiger partial charge in [-0.3, -0.25) is 14.8 Å². The third-order valence-electron chi connectivity index (χ3n) is 4.48. The fraction of sp³-hybridized carbons (Fsp3) is 0.136. The minimum Gasteiger partial charge on any atom is -0.426 e. The summed E-state index contributed by atoms with van der Waals surface area (Å²) in [7, 11) is 0. The monoisotopic (exact) mass is 372 g/mol. The van der Waals surface area contributed by atoms with Crippen molar-refractivity contribution in [3.8, 4) is 11.8 Å². The van der Waals surface area contributed by atoms with E-state index in [-0.39, 0.29) is 11.6 Å². The predicted octanol–water partition coefficient (Wildman–Crippen LogP) is 4.58. The van der Waals surface area contributed by atoms with Crippen molar-refractivity contribution in [1.82, 2.24) is 15.0 Å². The van der Waals surface area contributed by atoms with E-state index in [1.54, 1.807) is 18.5 Å². The smallest absolute Gasteiger partial charge is 0.302 e. The molecular formula is C22H20N4O2. The number of rotatable bonds is 5. The van der Waals surface area contributed by atoms with Gasteiger partial charge in [0.2, 0.25) is 0 Å². The summed E-state index contributed by atoms with van der Waals surface area (Å²) in [6, 6.07) is 17.9. The van der Waals surface area contributed by atoms with Crippen LogP contribution in [0.1, 0.15) is 12.5 Å². The summed E-state index contributed by atoms with van der Waals surface area (Å²) in [5, 5.41) is 0.481. The van der Waals surface area contributed by atoms with Crippen LogP contribution in [0.2, 0.25) is 0 Å². The number of aromatic amines is 1. The molecule has 0 saturated carbocycles. The van der Waals surface area contributed by atoms with Crippen LogP contribution in [0.25, 0.3) is 10.9 Å². The molecule has 1 N–H and O–H groups in total. The van der Waals surface area contributed by atoms with Gasteiger partial charge in [0.15, 0.2) is 0 Å². The summed E-state index contributed by atoms with van der Waals surface area (Å²) < 4.78 is 5.75. The summed E-state index contributed by atoms with van der Waals surface area (Å²) in [6.07, 6.45) is 3.10. The molecule has 0 atom stereocenters. The first-order valence-corrected chi connectivity index (χ1v) is 9.10. The molecule has 0 aliphatic heterocycles. The lowest BCUT2D eigenvalue weighted by Gasteiger charge is -2.24. The quantitative estimate of drug-likeness (QED) is 0.555. The van der Waals surface area contributed by atoms with Crippen molar-refractivity contribution in [3.63, 3.8) is 0 Å². The van der Waals surface area contributed by atoms with Crippen LogP contribution in [0.3, 0.4) is 0 Å². The topological polar surface area (TPSA) is 71.1 Å². The lowest BCUT2D eigenvalue weighted by atomic mass is 10.2. The number of anilines is 2. The second-order valence-corrected chi connectivity index (χ2v) is 6.44. The molecule has 2 aromatic carbocycles. The number of H-pyrrole nitrogens is 1. The molecule has 6 nitrogen and oxygen atoms in total. The van der Waals surface area contributed by atoms with E-state index in [0.29, 0.717) is 16.7 Å². The van der Waals surface area contributed by atoms with Crippen LogP contribution in [-0.2, 0) is 0 Å². The Morgan fingerprint density at radius 3 is 2.64 bits per heavy atom.